The number of nitrogens with one attached hydrogen (secondary N) is 2. The molecule has 0 radical (unpaired) electrons. The zero-order chi connectivity index (χ0) is 22.4. The van der Waals surface area contributed by atoms with Crippen molar-refractivity contribution in [2.24, 2.45) is 5.92 Å². The van der Waals surface area contributed by atoms with Gasteiger partial charge in [-0.25, -0.2) is 4.79 Å². The smallest absolute Gasteiger partial charge is 0.323 e. The van der Waals surface area contributed by atoms with Crippen molar-refractivity contribution in [2.75, 3.05) is 17.7 Å². The van der Waals surface area contributed by atoms with Crippen LogP contribution in [0.2, 0.25) is 0 Å². The Morgan fingerprint density at radius 1 is 1.10 bits per heavy atom. The zero-order valence-electron chi connectivity index (χ0n) is 19.3. The van der Waals surface area contributed by atoms with E-state index in [2.05, 4.69) is 10.6 Å². The van der Waals surface area contributed by atoms with Gasteiger partial charge < -0.3 is 20.5 Å². The normalized spacial score (nSPS) is 14.8. The average Bonchev–Trinajstić information content (AvgIpc) is 2.74. The van der Waals surface area contributed by atoms with E-state index in [9.17, 15) is 9.90 Å². The van der Waals surface area contributed by atoms with Crippen LogP contribution in [0.5, 0.6) is 11.5 Å². The van der Waals surface area contributed by atoms with Crippen LogP contribution in [0.1, 0.15) is 70.4 Å². The first-order valence-electron chi connectivity index (χ1n) is 11.4. The fraction of sp³-hybridized carbons (Fsp3) is 0.500. The molecule has 0 aliphatic heterocycles. The summed E-state index contributed by atoms with van der Waals surface area (Å²) in [6.45, 7) is 6.12. The van der Waals surface area contributed by atoms with Crippen LogP contribution in [0.15, 0.2) is 36.4 Å². The minimum absolute atomic E-state index is 0.121. The number of phenols is 1. The van der Waals surface area contributed by atoms with Crippen molar-refractivity contribution < 1.29 is 14.6 Å². The lowest BCUT2D eigenvalue weighted by molar-refractivity contribution is 0.262. The maximum atomic E-state index is 12.8. The van der Waals surface area contributed by atoms with E-state index < -0.39 is 0 Å². The van der Waals surface area contributed by atoms with E-state index >= 15 is 0 Å². The molecular formula is C26H36N2O3. The Balaban J connectivity index is 1.92. The molecule has 1 aliphatic carbocycles. The van der Waals surface area contributed by atoms with Gasteiger partial charge in [-0.1, -0.05) is 71.1 Å². The Bertz CT molecular complexity index is 882. The van der Waals surface area contributed by atoms with Gasteiger partial charge in [0.25, 0.3) is 0 Å². The second-order valence-electron chi connectivity index (χ2n) is 9.57. The molecule has 1 saturated carbocycles. The molecular weight excluding hydrogens is 388 g/mol. The number of carbonyl (C=O) groups is 1. The van der Waals surface area contributed by atoms with E-state index in [1.807, 2.05) is 57.2 Å². The van der Waals surface area contributed by atoms with Crippen LogP contribution in [0.25, 0.3) is 0 Å². The van der Waals surface area contributed by atoms with Crippen LogP contribution in [0.3, 0.4) is 0 Å². The lowest BCUT2D eigenvalue weighted by atomic mass is 9.82. The highest BCUT2D eigenvalue weighted by molar-refractivity contribution is 6.01. The molecule has 5 nitrogen and oxygen atoms in total. The third kappa shape index (κ3) is 5.93. The highest BCUT2D eigenvalue weighted by Crippen LogP contribution is 2.44. The number of rotatable bonds is 6. The third-order valence-corrected chi connectivity index (χ3v) is 6.19. The van der Waals surface area contributed by atoms with E-state index in [1.54, 1.807) is 7.11 Å². The van der Waals surface area contributed by atoms with Crippen molar-refractivity contribution in [3.05, 3.63) is 47.5 Å². The van der Waals surface area contributed by atoms with Gasteiger partial charge in [0.1, 0.15) is 11.5 Å². The second-order valence-corrected chi connectivity index (χ2v) is 9.57. The van der Waals surface area contributed by atoms with Gasteiger partial charge in [-0.15, -0.1) is 0 Å². The van der Waals surface area contributed by atoms with Crippen molar-refractivity contribution in [2.45, 2.75) is 71.1 Å². The molecule has 31 heavy (non-hydrogen) atoms. The molecule has 0 unspecified atom stereocenters. The number of aromatic hydroxyl groups is 1. The topological polar surface area (TPSA) is 70.6 Å². The number of phenolic OH excluding ortho intramolecular Hbond substituents is 1. The van der Waals surface area contributed by atoms with Crippen molar-refractivity contribution in [1.29, 1.82) is 0 Å². The zero-order valence-corrected chi connectivity index (χ0v) is 19.3. The Morgan fingerprint density at radius 2 is 1.77 bits per heavy atom. The Morgan fingerprint density at radius 3 is 2.39 bits per heavy atom. The van der Waals surface area contributed by atoms with E-state index in [-0.39, 0.29) is 17.2 Å². The number of benzene rings is 2. The van der Waals surface area contributed by atoms with E-state index in [0.29, 0.717) is 23.0 Å². The number of para-hydroxylation sites is 1. The first kappa shape index (κ1) is 23.0. The third-order valence-electron chi connectivity index (χ3n) is 6.19. The number of ether oxygens (including phenoxy) is 1. The highest BCUT2D eigenvalue weighted by atomic mass is 16.5. The summed E-state index contributed by atoms with van der Waals surface area (Å²) in [4.78, 5) is 12.8. The molecule has 2 aromatic rings. The SMILES string of the molecule is COc1cc(C(C)(C)C)c(O)c(NC(=O)Nc2ccccc2)c1CCC1CCCCC1. The lowest BCUT2D eigenvalue weighted by Gasteiger charge is -2.27. The van der Waals surface area contributed by atoms with Crippen LogP contribution in [-0.2, 0) is 11.8 Å². The Kier molecular flexibility index (Phi) is 7.47. The molecule has 3 N–H and O–H groups in total. The van der Waals surface area contributed by atoms with Crippen molar-refractivity contribution in [1.82, 2.24) is 0 Å². The molecule has 2 aromatic carbocycles. The largest absolute Gasteiger partial charge is 0.505 e. The molecule has 0 aromatic heterocycles. The minimum atomic E-state index is -0.381. The standard InChI is InChI=1S/C26H36N2O3/c1-26(2,3)21-17-22(31-4)20(16-15-18-11-7-5-8-12-18)23(24(21)29)28-25(30)27-19-13-9-6-10-14-19/h6,9-10,13-14,17-18,29H,5,7-8,11-12,15-16H2,1-4H3,(H2,27,28,30). The molecule has 0 saturated heterocycles. The summed E-state index contributed by atoms with van der Waals surface area (Å²) in [7, 11) is 1.65. The van der Waals surface area contributed by atoms with E-state index in [0.717, 1.165) is 24.0 Å². The summed E-state index contributed by atoms with van der Waals surface area (Å²) >= 11 is 0. The fourth-order valence-corrected chi connectivity index (χ4v) is 4.45. The maximum Gasteiger partial charge on any atom is 0.323 e. The number of methoxy groups -OCH3 is 1. The van der Waals surface area contributed by atoms with Gasteiger partial charge in [0, 0.05) is 16.8 Å². The van der Waals surface area contributed by atoms with Gasteiger partial charge >= 0.3 is 6.03 Å². The summed E-state index contributed by atoms with van der Waals surface area (Å²) in [5.74, 6) is 1.53. The van der Waals surface area contributed by atoms with Crippen molar-refractivity contribution in [3.8, 4) is 11.5 Å². The summed E-state index contributed by atoms with van der Waals surface area (Å²) in [5.41, 5.74) is 2.46. The van der Waals surface area contributed by atoms with Gasteiger partial charge in [-0.05, 0) is 42.4 Å². The molecule has 0 spiro atoms. The number of urea groups is 1. The minimum Gasteiger partial charge on any atom is -0.505 e. The second kappa shape index (κ2) is 10.1. The van der Waals surface area contributed by atoms with Gasteiger partial charge in [-0.3, -0.25) is 0 Å². The molecule has 2 amide bonds. The highest BCUT2D eigenvalue weighted by Gasteiger charge is 2.27. The summed E-state index contributed by atoms with van der Waals surface area (Å²) in [6, 6.07) is 10.8. The molecule has 1 fully saturated rings. The summed E-state index contributed by atoms with van der Waals surface area (Å²) in [5, 5.41) is 16.9. The monoisotopic (exact) mass is 424 g/mol. The van der Waals surface area contributed by atoms with Gasteiger partial charge in [0.15, 0.2) is 0 Å². The Labute approximate surface area is 186 Å². The first-order valence-corrected chi connectivity index (χ1v) is 11.4. The number of anilines is 2. The number of amides is 2. The van der Waals surface area contributed by atoms with Crippen LogP contribution < -0.4 is 15.4 Å². The molecule has 168 valence electrons. The summed E-state index contributed by atoms with van der Waals surface area (Å²) in [6.07, 6.45) is 8.21. The van der Waals surface area contributed by atoms with Crippen LogP contribution in [0.4, 0.5) is 16.2 Å². The first-order chi connectivity index (χ1) is 14.8. The summed E-state index contributed by atoms with van der Waals surface area (Å²) < 4.78 is 5.73. The molecule has 0 atom stereocenters. The quantitative estimate of drug-likeness (QED) is 0.444. The van der Waals surface area contributed by atoms with Gasteiger partial charge in [0.05, 0.1) is 12.8 Å². The van der Waals surface area contributed by atoms with Crippen molar-refractivity contribution in [3.63, 3.8) is 0 Å². The maximum absolute atomic E-state index is 12.8. The number of carbonyl (C=O) groups excluding carboxylic acids is 1. The number of hydrogen-bond acceptors (Lipinski definition) is 3. The van der Waals surface area contributed by atoms with E-state index in [1.165, 1.54) is 32.1 Å². The number of hydrogen-bond donors (Lipinski definition) is 3. The average molecular weight is 425 g/mol. The molecule has 0 bridgehead atoms. The van der Waals surface area contributed by atoms with Crippen LogP contribution in [0, 0.1) is 5.92 Å². The Hall–Kier alpha value is -2.69. The molecule has 3 rings (SSSR count). The van der Waals surface area contributed by atoms with Crippen LogP contribution in [-0.4, -0.2) is 18.2 Å². The van der Waals surface area contributed by atoms with E-state index in [4.69, 9.17) is 4.74 Å². The predicted octanol–water partition coefficient (Wildman–Crippen LogP) is 6.86. The molecule has 1 aliphatic rings. The lowest BCUT2D eigenvalue weighted by Crippen LogP contribution is -2.22. The van der Waals surface area contributed by atoms with Crippen LogP contribution >= 0.6 is 0 Å². The predicted molar refractivity (Wildman–Crippen MR) is 127 cm³/mol. The molecule has 5 heteroatoms. The fourth-order valence-electron chi connectivity index (χ4n) is 4.45. The van der Waals surface area contributed by atoms with Gasteiger partial charge in [-0.2, -0.15) is 0 Å². The van der Waals surface area contributed by atoms with Gasteiger partial charge in [0.2, 0.25) is 0 Å². The molecule has 0 heterocycles. The van der Waals surface area contributed by atoms with Crippen molar-refractivity contribution >= 4 is 17.4 Å².